The molecular weight excluding hydrogens is 206 g/mol. The lowest BCUT2D eigenvalue weighted by molar-refractivity contribution is 0.428. The Balaban J connectivity index is 2.12. The lowest BCUT2D eigenvalue weighted by Gasteiger charge is -2.32. The zero-order chi connectivity index (χ0) is 10.8. The number of nitrogen functional groups attached to an aromatic ring is 1. The predicted octanol–water partition coefficient (Wildman–Crippen LogP) is 2.80. The van der Waals surface area contributed by atoms with Crippen LogP contribution in [0.3, 0.4) is 0 Å². The number of rotatable bonds is 2. The molecule has 1 aromatic rings. The molecule has 1 saturated carbocycles. The van der Waals surface area contributed by atoms with Crippen molar-refractivity contribution >= 4 is 22.4 Å². The van der Waals surface area contributed by atoms with E-state index in [1.807, 2.05) is 0 Å². The minimum atomic E-state index is 0.692. The zero-order valence-corrected chi connectivity index (χ0v) is 10.3. The summed E-state index contributed by atoms with van der Waals surface area (Å²) in [6, 6.07) is 0.692. The largest absolute Gasteiger partial charge is 0.383 e. The van der Waals surface area contributed by atoms with Crippen LogP contribution < -0.4 is 10.6 Å². The molecular formula is C11H19N3S. The van der Waals surface area contributed by atoms with E-state index in [4.69, 9.17) is 5.73 Å². The standard InChI is InChI=1S/C11H19N3S/c1-8-10(12)13-15-11(8)14(2)9-6-4-3-5-7-9/h9H,3-7H2,1-2H3,(H2,12,13). The van der Waals surface area contributed by atoms with Gasteiger partial charge < -0.3 is 10.6 Å². The maximum Gasteiger partial charge on any atom is 0.142 e. The lowest BCUT2D eigenvalue weighted by atomic mass is 9.94. The lowest BCUT2D eigenvalue weighted by Crippen LogP contribution is -2.33. The topological polar surface area (TPSA) is 42.1 Å². The molecule has 0 saturated heterocycles. The van der Waals surface area contributed by atoms with Gasteiger partial charge in [0.05, 0.1) is 0 Å². The molecule has 0 aromatic carbocycles. The Morgan fingerprint density at radius 1 is 1.33 bits per heavy atom. The third-order valence-electron chi connectivity index (χ3n) is 3.38. The molecule has 0 aliphatic heterocycles. The third kappa shape index (κ3) is 2.09. The minimum absolute atomic E-state index is 0.692. The first-order valence-corrected chi connectivity index (χ1v) is 6.42. The Morgan fingerprint density at radius 3 is 2.53 bits per heavy atom. The van der Waals surface area contributed by atoms with E-state index in [1.165, 1.54) is 48.6 Å². The number of hydrogen-bond donors (Lipinski definition) is 1. The Bertz CT molecular complexity index is 329. The molecule has 84 valence electrons. The van der Waals surface area contributed by atoms with Crippen molar-refractivity contribution < 1.29 is 0 Å². The molecule has 2 rings (SSSR count). The first-order valence-electron chi connectivity index (χ1n) is 5.64. The molecule has 0 unspecified atom stereocenters. The van der Waals surface area contributed by atoms with Gasteiger partial charge in [-0.05, 0) is 31.3 Å². The van der Waals surface area contributed by atoms with Gasteiger partial charge in [-0.1, -0.05) is 19.3 Å². The monoisotopic (exact) mass is 225 g/mol. The number of aromatic nitrogens is 1. The van der Waals surface area contributed by atoms with Crippen LogP contribution in [0.5, 0.6) is 0 Å². The van der Waals surface area contributed by atoms with Gasteiger partial charge in [0.25, 0.3) is 0 Å². The fourth-order valence-electron chi connectivity index (χ4n) is 2.30. The highest BCUT2D eigenvalue weighted by Gasteiger charge is 2.21. The molecule has 0 amide bonds. The molecule has 4 heteroatoms. The average Bonchev–Trinajstić information content (AvgIpc) is 2.60. The second-order valence-corrected chi connectivity index (χ2v) is 5.15. The van der Waals surface area contributed by atoms with E-state index in [-0.39, 0.29) is 0 Å². The summed E-state index contributed by atoms with van der Waals surface area (Å²) in [5.41, 5.74) is 6.93. The second kappa shape index (κ2) is 4.39. The van der Waals surface area contributed by atoms with Gasteiger partial charge in [-0.2, -0.15) is 4.37 Å². The third-order valence-corrected chi connectivity index (χ3v) is 4.43. The van der Waals surface area contributed by atoms with Gasteiger partial charge in [0, 0.05) is 18.7 Å². The fourth-order valence-corrected chi connectivity index (χ4v) is 3.14. The molecule has 1 aliphatic rings. The normalized spacial score (nSPS) is 18.0. The van der Waals surface area contributed by atoms with E-state index in [9.17, 15) is 0 Å². The Hall–Kier alpha value is -0.770. The van der Waals surface area contributed by atoms with Crippen LogP contribution in [0.4, 0.5) is 10.8 Å². The molecule has 1 heterocycles. The molecule has 0 bridgehead atoms. The second-order valence-electron chi connectivity index (χ2n) is 4.40. The summed E-state index contributed by atoms with van der Waals surface area (Å²) in [7, 11) is 2.18. The molecule has 0 spiro atoms. The number of nitrogens with zero attached hydrogens (tertiary/aromatic N) is 2. The summed E-state index contributed by atoms with van der Waals surface area (Å²) in [5, 5.41) is 1.25. The van der Waals surface area contributed by atoms with E-state index in [2.05, 4.69) is 23.2 Å². The number of anilines is 2. The van der Waals surface area contributed by atoms with Gasteiger partial charge in [0.1, 0.15) is 10.8 Å². The highest BCUT2D eigenvalue weighted by molar-refractivity contribution is 7.10. The van der Waals surface area contributed by atoms with Gasteiger partial charge in [0.15, 0.2) is 0 Å². The summed E-state index contributed by atoms with van der Waals surface area (Å²) >= 11 is 1.53. The molecule has 3 nitrogen and oxygen atoms in total. The van der Waals surface area contributed by atoms with Crippen molar-refractivity contribution in [1.29, 1.82) is 0 Å². The molecule has 1 aromatic heterocycles. The van der Waals surface area contributed by atoms with Crippen molar-refractivity contribution in [2.45, 2.75) is 45.1 Å². The fraction of sp³-hybridized carbons (Fsp3) is 0.727. The van der Waals surface area contributed by atoms with Crippen LogP contribution in [0.1, 0.15) is 37.7 Å². The van der Waals surface area contributed by atoms with Gasteiger partial charge in [-0.3, -0.25) is 0 Å². The molecule has 1 aliphatic carbocycles. The first kappa shape index (κ1) is 10.7. The quantitative estimate of drug-likeness (QED) is 0.841. The van der Waals surface area contributed by atoms with Crippen LogP contribution in [0.2, 0.25) is 0 Å². The van der Waals surface area contributed by atoms with E-state index in [0.29, 0.717) is 11.9 Å². The smallest absolute Gasteiger partial charge is 0.142 e. The summed E-state index contributed by atoms with van der Waals surface area (Å²) in [6.07, 6.45) is 6.75. The van der Waals surface area contributed by atoms with E-state index in [0.717, 1.165) is 5.56 Å². The average molecular weight is 225 g/mol. The minimum Gasteiger partial charge on any atom is -0.383 e. The van der Waals surface area contributed by atoms with Crippen LogP contribution in [0, 0.1) is 6.92 Å². The van der Waals surface area contributed by atoms with Crippen LogP contribution in [-0.2, 0) is 0 Å². The van der Waals surface area contributed by atoms with Gasteiger partial charge >= 0.3 is 0 Å². The van der Waals surface area contributed by atoms with Crippen molar-refractivity contribution in [1.82, 2.24) is 4.37 Å². The van der Waals surface area contributed by atoms with Gasteiger partial charge in [-0.15, -0.1) is 0 Å². The van der Waals surface area contributed by atoms with Crippen molar-refractivity contribution in [2.75, 3.05) is 17.7 Å². The molecule has 2 N–H and O–H groups in total. The summed E-state index contributed by atoms with van der Waals surface area (Å²) < 4.78 is 4.21. The Morgan fingerprint density at radius 2 is 2.00 bits per heavy atom. The van der Waals surface area contributed by atoms with Gasteiger partial charge in [0.2, 0.25) is 0 Å². The van der Waals surface area contributed by atoms with E-state index < -0.39 is 0 Å². The van der Waals surface area contributed by atoms with Crippen LogP contribution in [-0.4, -0.2) is 17.5 Å². The molecule has 15 heavy (non-hydrogen) atoms. The highest BCUT2D eigenvalue weighted by Crippen LogP contribution is 2.33. The Kier molecular flexibility index (Phi) is 3.14. The maximum atomic E-state index is 5.78. The zero-order valence-electron chi connectivity index (χ0n) is 9.49. The number of nitrogens with two attached hydrogens (primary N) is 1. The van der Waals surface area contributed by atoms with E-state index >= 15 is 0 Å². The maximum absolute atomic E-state index is 5.78. The SMILES string of the molecule is Cc1c(N)nsc1N(C)C1CCCCC1. The van der Waals surface area contributed by atoms with Crippen LogP contribution in [0.15, 0.2) is 0 Å². The van der Waals surface area contributed by atoms with Gasteiger partial charge in [-0.25, -0.2) is 0 Å². The van der Waals surface area contributed by atoms with Crippen LogP contribution >= 0.6 is 11.5 Å². The molecule has 0 radical (unpaired) electrons. The van der Waals surface area contributed by atoms with E-state index in [1.54, 1.807) is 0 Å². The number of hydrogen-bond acceptors (Lipinski definition) is 4. The molecule has 1 fully saturated rings. The molecule has 0 atom stereocenters. The highest BCUT2D eigenvalue weighted by atomic mass is 32.1. The van der Waals surface area contributed by atoms with Crippen molar-refractivity contribution in [3.63, 3.8) is 0 Å². The Labute approximate surface area is 95.4 Å². The van der Waals surface area contributed by atoms with Crippen molar-refractivity contribution in [3.05, 3.63) is 5.56 Å². The predicted molar refractivity (Wildman–Crippen MR) is 66.5 cm³/mol. The summed E-state index contributed by atoms with van der Waals surface area (Å²) in [4.78, 5) is 2.38. The van der Waals surface area contributed by atoms with Crippen LogP contribution in [0.25, 0.3) is 0 Å². The first-order chi connectivity index (χ1) is 7.20. The summed E-state index contributed by atoms with van der Waals surface area (Å²) in [6.45, 7) is 2.06. The van der Waals surface area contributed by atoms with Crippen molar-refractivity contribution in [3.8, 4) is 0 Å². The van der Waals surface area contributed by atoms with Crippen molar-refractivity contribution in [2.24, 2.45) is 0 Å². The summed E-state index contributed by atoms with van der Waals surface area (Å²) in [5.74, 6) is 0.692.